The quantitative estimate of drug-likeness (QED) is 0.0546. The minimum Gasteiger partial charge on any atom is -0.343 e. The fraction of sp³-hybridized carbons (Fsp3) is 0.818. The Labute approximate surface area is 300 Å². The summed E-state index contributed by atoms with van der Waals surface area (Å²) < 4.78 is 13.7. The lowest BCUT2D eigenvalue weighted by atomic mass is 9.98. The Morgan fingerprint density at radius 2 is 0.875 bits per heavy atom. The number of rotatable bonds is 34. The molecule has 4 nitrogen and oxygen atoms in total. The van der Waals surface area contributed by atoms with Crippen LogP contribution >= 0.6 is 0 Å². The minimum atomic E-state index is -0.396. The van der Waals surface area contributed by atoms with Crippen LogP contribution in [0.1, 0.15) is 181 Å². The van der Waals surface area contributed by atoms with E-state index >= 15 is 0 Å². The molecule has 0 saturated carbocycles. The van der Waals surface area contributed by atoms with E-state index < -0.39 is 5.79 Å². The van der Waals surface area contributed by atoms with Crippen LogP contribution in [0.4, 0.5) is 0 Å². The van der Waals surface area contributed by atoms with Crippen LogP contribution in [0.25, 0.3) is 0 Å². The lowest BCUT2D eigenvalue weighted by Crippen LogP contribution is -2.38. The second kappa shape index (κ2) is 33.0. The van der Waals surface area contributed by atoms with Gasteiger partial charge < -0.3 is 19.7 Å². The van der Waals surface area contributed by atoms with Crippen molar-refractivity contribution in [2.75, 3.05) is 34.2 Å². The fourth-order valence-corrected chi connectivity index (χ4v) is 6.75. The molecule has 0 aromatic carbocycles. The van der Waals surface area contributed by atoms with Crippen molar-refractivity contribution >= 4 is 0 Å². The number of nitrogens with one attached hydrogen (secondary N) is 1. The Balaban J connectivity index is 2.30. The Hall–Kier alpha value is -1.20. The average molecular weight is 671 g/mol. The highest BCUT2D eigenvalue weighted by molar-refractivity contribution is 4.94. The van der Waals surface area contributed by atoms with Crippen LogP contribution in [-0.2, 0) is 9.47 Å². The molecule has 0 amide bonds. The van der Waals surface area contributed by atoms with Crippen LogP contribution < -0.4 is 5.32 Å². The maximum absolute atomic E-state index is 6.84. The number of hydrogen-bond acceptors (Lipinski definition) is 4. The molecular formula is C44H82N2O2. The van der Waals surface area contributed by atoms with E-state index in [1.165, 1.54) is 141 Å². The molecule has 0 aliphatic carbocycles. The molecule has 1 heterocycles. The zero-order chi connectivity index (χ0) is 34.8. The van der Waals surface area contributed by atoms with Crippen molar-refractivity contribution in [2.45, 2.75) is 199 Å². The van der Waals surface area contributed by atoms with Gasteiger partial charge in [0.25, 0.3) is 0 Å². The van der Waals surface area contributed by atoms with Crippen molar-refractivity contribution in [1.29, 1.82) is 0 Å². The molecule has 0 spiro atoms. The van der Waals surface area contributed by atoms with E-state index in [9.17, 15) is 0 Å². The number of nitrogens with zero attached hydrogens (tertiary/aromatic N) is 1. The highest BCUT2D eigenvalue weighted by atomic mass is 16.8. The summed E-state index contributed by atoms with van der Waals surface area (Å²) in [6, 6.07) is 0. The van der Waals surface area contributed by atoms with Gasteiger partial charge in [-0.1, -0.05) is 140 Å². The van der Waals surface area contributed by atoms with Gasteiger partial charge in [0.05, 0.1) is 0 Å². The van der Waals surface area contributed by atoms with Gasteiger partial charge in [0, 0.05) is 25.9 Å². The van der Waals surface area contributed by atoms with Gasteiger partial charge in [0.2, 0.25) is 0 Å². The maximum Gasteiger partial charge on any atom is 0.169 e. The van der Waals surface area contributed by atoms with Gasteiger partial charge in [-0.25, -0.2) is 0 Å². The molecule has 2 unspecified atom stereocenters. The first-order valence-electron chi connectivity index (χ1n) is 20.8. The first kappa shape index (κ1) is 44.8. The zero-order valence-electron chi connectivity index (χ0n) is 32.8. The summed E-state index contributed by atoms with van der Waals surface area (Å²) in [6.07, 6.45) is 51.9. The van der Waals surface area contributed by atoms with Gasteiger partial charge in [0.15, 0.2) is 5.79 Å². The first-order chi connectivity index (χ1) is 23.6. The molecule has 1 saturated heterocycles. The Morgan fingerprint density at radius 3 is 1.27 bits per heavy atom. The van der Waals surface area contributed by atoms with Crippen LogP contribution in [0.5, 0.6) is 0 Å². The van der Waals surface area contributed by atoms with Crippen molar-refractivity contribution in [1.82, 2.24) is 10.2 Å². The van der Waals surface area contributed by atoms with Gasteiger partial charge in [-0.05, 0) is 98.2 Å². The molecule has 2 atom stereocenters. The second-order valence-electron chi connectivity index (χ2n) is 14.7. The highest BCUT2D eigenvalue weighted by Gasteiger charge is 2.46. The summed E-state index contributed by atoms with van der Waals surface area (Å²) >= 11 is 0. The molecule has 1 N–H and O–H groups in total. The van der Waals surface area contributed by atoms with E-state index in [2.05, 4.69) is 86.8 Å². The smallest absolute Gasteiger partial charge is 0.169 e. The van der Waals surface area contributed by atoms with Crippen molar-refractivity contribution in [3.63, 3.8) is 0 Å². The summed E-state index contributed by atoms with van der Waals surface area (Å²) in [7, 11) is 6.32. The molecule has 0 bridgehead atoms. The monoisotopic (exact) mass is 671 g/mol. The molecular weight excluding hydrogens is 588 g/mol. The van der Waals surface area contributed by atoms with Gasteiger partial charge in [0.1, 0.15) is 12.2 Å². The van der Waals surface area contributed by atoms with Crippen LogP contribution in [0, 0.1) is 0 Å². The summed E-state index contributed by atoms with van der Waals surface area (Å²) in [5, 5.41) is 3.36. The van der Waals surface area contributed by atoms with Gasteiger partial charge in [-0.15, -0.1) is 0 Å². The lowest BCUT2D eigenvalue weighted by Gasteiger charge is -2.29. The number of ether oxygens (including phenoxy) is 2. The minimum absolute atomic E-state index is 0.131. The normalized spacial score (nSPS) is 20.3. The number of allylic oxidation sites excluding steroid dienone is 8. The molecule has 280 valence electrons. The fourth-order valence-electron chi connectivity index (χ4n) is 6.75. The summed E-state index contributed by atoms with van der Waals surface area (Å²) in [5.74, 6) is -0.396. The van der Waals surface area contributed by atoms with E-state index in [1.807, 2.05) is 7.05 Å². The molecule has 0 aromatic heterocycles. The molecule has 1 aliphatic rings. The maximum atomic E-state index is 6.84. The van der Waals surface area contributed by atoms with Crippen molar-refractivity contribution in [3.8, 4) is 0 Å². The van der Waals surface area contributed by atoms with E-state index in [4.69, 9.17) is 9.47 Å². The van der Waals surface area contributed by atoms with Crippen molar-refractivity contribution in [2.24, 2.45) is 0 Å². The van der Waals surface area contributed by atoms with E-state index in [0.717, 1.165) is 38.8 Å². The molecule has 4 heteroatoms. The van der Waals surface area contributed by atoms with E-state index in [-0.39, 0.29) is 12.2 Å². The summed E-state index contributed by atoms with van der Waals surface area (Å²) in [6.45, 7) is 6.31. The Morgan fingerprint density at radius 1 is 0.500 bits per heavy atom. The van der Waals surface area contributed by atoms with Gasteiger partial charge in [-0.2, -0.15) is 0 Å². The number of likely N-dealkylation sites (N-methyl/N-ethyl adjacent to an activating group) is 2. The van der Waals surface area contributed by atoms with Crippen molar-refractivity contribution < 1.29 is 9.47 Å². The molecule has 1 rings (SSSR count). The number of hydrogen-bond donors (Lipinski definition) is 1. The van der Waals surface area contributed by atoms with Gasteiger partial charge in [-0.3, -0.25) is 0 Å². The molecule has 1 fully saturated rings. The molecule has 1 aliphatic heterocycles. The summed E-state index contributed by atoms with van der Waals surface area (Å²) in [5.41, 5.74) is 0. The predicted octanol–water partition coefficient (Wildman–Crippen LogP) is 12.7. The topological polar surface area (TPSA) is 33.7 Å². The Kier molecular flexibility index (Phi) is 30.8. The molecule has 48 heavy (non-hydrogen) atoms. The lowest BCUT2D eigenvalue weighted by molar-refractivity contribution is -0.187. The largest absolute Gasteiger partial charge is 0.343 e. The van der Waals surface area contributed by atoms with Crippen LogP contribution in [0.15, 0.2) is 48.6 Å². The van der Waals surface area contributed by atoms with E-state index in [1.54, 1.807) is 0 Å². The summed E-state index contributed by atoms with van der Waals surface area (Å²) in [4.78, 5) is 2.24. The Bertz CT molecular complexity index is 754. The van der Waals surface area contributed by atoms with E-state index in [0.29, 0.717) is 0 Å². The highest BCUT2D eigenvalue weighted by Crippen LogP contribution is 2.38. The molecule has 0 radical (unpaired) electrons. The first-order valence-corrected chi connectivity index (χ1v) is 20.8. The third kappa shape index (κ3) is 25.7. The second-order valence-corrected chi connectivity index (χ2v) is 14.7. The zero-order valence-corrected chi connectivity index (χ0v) is 32.8. The van der Waals surface area contributed by atoms with Crippen LogP contribution in [0.2, 0.25) is 0 Å². The average Bonchev–Trinajstić information content (AvgIpc) is 3.40. The van der Waals surface area contributed by atoms with Gasteiger partial charge >= 0.3 is 0 Å². The van der Waals surface area contributed by atoms with Crippen LogP contribution in [0.3, 0.4) is 0 Å². The number of unbranched alkanes of at least 4 members (excludes halogenated alkanes) is 18. The van der Waals surface area contributed by atoms with Crippen LogP contribution in [-0.4, -0.2) is 57.1 Å². The third-order valence-corrected chi connectivity index (χ3v) is 9.61. The van der Waals surface area contributed by atoms with Crippen molar-refractivity contribution in [3.05, 3.63) is 48.6 Å². The third-order valence-electron chi connectivity index (χ3n) is 9.61. The SMILES string of the molecule is CCCCCC=CCC=CCCCCCCCCC1(CCCCCCCCC=CCC=CCCCCC)OC(CNC)C(CN(C)C)O1. The molecule has 0 aromatic rings. The predicted molar refractivity (Wildman–Crippen MR) is 213 cm³/mol. The standard InChI is InChI=1S/C44H82N2O2/c1-6-8-10-12-14-16-18-20-22-24-26-28-30-32-34-36-38-44(47-42(40-45-3)43(48-44)41-46(4)5)39-37-35-33-31-29-27-25-23-21-19-17-15-13-11-9-7-2/h14-17,20-23,42-43,45H,6-13,18-19,24-41H2,1-5H3.